The highest BCUT2D eigenvalue weighted by Crippen LogP contribution is 2.31. The highest BCUT2D eigenvalue weighted by Gasteiger charge is 2.33. The van der Waals surface area contributed by atoms with Crippen molar-refractivity contribution in [3.05, 3.63) is 108 Å². The molecule has 0 fully saturated rings. The Morgan fingerprint density at radius 2 is 0.625 bits per heavy atom. The maximum absolute atomic E-state index is 6.35. The molecule has 0 aliphatic carbocycles. The lowest BCUT2D eigenvalue weighted by atomic mass is 9.96. The van der Waals surface area contributed by atoms with E-state index in [1.54, 1.807) is 0 Å². The molecule has 1 aromatic heterocycles. The highest BCUT2D eigenvalue weighted by atomic mass is 16.7. The Bertz CT molecular complexity index is 1320. The number of benzene rings is 3. The van der Waals surface area contributed by atoms with Crippen molar-refractivity contribution in [2.75, 3.05) is 0 Å². The fourth-order valence-electron chi connectivity index (χ4n) is 4.39. The maximum Gasteiger partial charge on any atom is 0.328 e. The van der Waals surface area contributed by atoms with Crippen LogP contribution >= 0.6 is 0 Å². The molecule has 0 radical (unpaired) electrons. The summed E-state index contributed by atoms with van der Waals surface area (Å²) in [5.41, 5.74) is 1.78. The SMILES string of the molecule is CC(C)(C)C(OCc1ccccc1)Oc1nc(OC(OCc2ccccc2)C(C)(C)C)nc(OC(OCc2ccccc2)C(C)(C)C)n1. The summed E-state index contributed by atoms with van der Waals surface area (Å²) in [4.78, 5) is 13.7. The Hall–Kier alpha value is -4.05. The first-order valence-corrected chi connectivity index (χ1v) is 16.4. The predicted molar refractivity (Wildman–Crippen MR) is 185 cm³/mol. The summed E-state index contributed by atoms with van der Waals surface area (Å²) in [6.07, 6.45) is -2.12. The molecule has 0 bridgehead atoms. The first-order valence-electron chi connectivity index (χ1n) is 16.4. The van der Waals surface area contributed by atoms with Gasteiger partial charge in [0, 0.05) is 16.2 Å². The lowest BCUT2D eigenvalue weighted by Gasteiger charge is -2.32. The third-order valence-electron chi connectivity index (χ3n) is 7.07. The van der Waals surface area contributed by atoms with Crippen molar-refractivity contribution < 1.29 is 28.4 Å². The van der Waals surface area contributed by atoms with E-state index in [1.165, 1.54) is 0 Å². The minimum atomic E-state index is -0.707. The topological polar surface area (TPSA) is 94.1 Å². The minimum Gasteiger partial charge on any atom is -0.433 e. The van der Waals surface area contributed by atoms with E-state index >= 15 is 0 Å². The van der Waals surface area contributed by atoms with Gasteiger partial charge < -0.3 is 28.4 Å². The minimum absolute atomic E-state index is 0.00516. The molecule has 4 aromatic rings. The van der Waals surface area contributed by atoms with Crippen LogP contribution in [-0.2, 0) is 34.0 Å². The Morgan fingerprint density at radius 3 is 0.833 bits per heavy atom. The number of hydrogen-bond acceptors (Lipinski definition) is 9. The van der Waals surface area contributed by atoms with E-state index in [0.717, 1.165) is 16.7 Å². The van der Waals surface area contributed by atoms with Gasteiger partial charge in [-0.2, -0.15) is 0 Å². The van der Waals surface area contributed by atoms with E-state index in [-0.39, 0.29) is 18.0 Å². The van der Waals surface area contributed by atoms with Crippen molar-refractivity contribution in [1.29, 1.82) is 0 Å². The van der Waals surface area contributed by atoms with Crippen LogP contribution in [0.3, 0.4) is 0 Å². The Balaban J connectivity index is 1.64. The molecule has 0 N–H and O–H groups in total. The number of rotatable bonds is 15. The molecule has 3 aromatic carbocycles. The molecule has 0 aliphatic heterocycles. The van der Waals surface area contributed by atoms with Crippen molar-refractivity contribution in [3.8, 4) is 18.0 Å². The van der Waals surface area contributed by atoms with Gasteiger partial charge in [0.2, 0.25) is 18.9 Å². The first-order chi connectivity index (χ1) is 22.7. The van der Waals surface area contributed by atoms with E-state index in [9.17, 15) is 0 Å². The van der Waals surface area contributed by atoms with E-state index in [2.05, 4.69) is 15.0 Å². The molecule has 4 rings (SSSR count). The van der Waals surface area contributed by atoms with Gasteiger partial charge in [-0.25, -0.2) is 0 Å². The van der Waals surface area contributed by atoms with Gasteiger partial charge in [0.05, 0.1) is 19.8 Å². The molecule has 0 aliphatic rings. The lowest BCUT2D eigenvalue weighted by molar-refractivity contribution is -0.163. The van der Waals surface area contributed by atoms with Crippen LogP contribution < -0.4 is 14.2 Å². The van der Waals surface area contributed by atoms with E-state index in [0.29, 0.717) is 19.8 Å². The highest BCUT2D eigenvalue weighted by molar-refractivity contribution is 5.16. The van der Waals surface area contributed by atoms with Crippen LogP contribution in [0.2, 0.25) is 0 Å². The molecular formula is C39H51N3O6. The number of nitrogens with zero attached hydrogens (tertiary/aromatic N) is 3. The largest absolute Gasteiger partial charge is 0.433 e. The van der Waals surface area contributed by atoms with Crippen LogP contribution in [-0.4, -0.2) is 33.8 Å². The van der Waals surface area contributed by atoms with Crippen molar-refractivity contribution in [2.45, 2.75) is 101 Å². The van der Waals surface area contributed by atoms with Gasteiger partial charge >= 0.3 is 18.0 Å². The second kappa shape index (κ2) is 16.4. The summed E-state index contributed by atoms with van der Waals surface area (Å²) in [6.45, 7) is 19.3. The second-order valence-electron chi connectivity index (χ2n) is 15.0. The Kier molecular flexibility index (Phi) is 12.5. The summed E-state index contributed by atoms with van der Waals surface area (Å²) < 4.78 is 37.9. The van der Waals surface area contributed by atoms with Gasteiger partial charge in [-0.1, -0.05) is 153 Å². The molecule has 0 saturated heterocycles. The van der Waals surface area contributed by atoms with Crippen LogP contribution in [0.15, 0.2) is 91.0 Å². The molecule has 0 spiro atoms. The zero-order valence-corrected chi connectivity index (χ0v) is 29.8. The molecular weight excluding hydrogens is 606 g/mol. The van der Waals surface area contributed by atoms with E-state index in [4.69, 9.17) is 28.4 Å². The third-order valence-corrected chi connectivity index (χ3v) is 7.07. The van der Waals surface area contributed by atoms with Crippen LogP contribution in [0.25, 0.3) is 0 Å². The molecule has 258 valence electrons. The van der Waals surface area contributed by atoms with E-state index in [1.807, 2.05) is 153 Å². The number of aromatic nitrogens is 3. The fourth-order valence-corrected chi connectivity index (χ4v) is 4.39. The van der Waals surface area contributed by atoms with Crippen LogP contribution in [0.4, 0.5) is 0 Å². The molecule has 9 heteroatoms. The summed E-state index contributed by atoms with van der Waals surface area (Å²) in [7, 11) is 0. The lowest BCUT2D eigenvalue weighted by Crippen LogP contribution is -2.37. The quantitative estimate of drug-likeness (QED) is 0.116. The Morgan fingerprint density at radius 1 is 0.396 bits per heavy atom. The number of hydrogen-bond donors (Lipinski definition) is 0. The fraction of sp³-hybridized carbons (Fsp3) is 0.462. The molecule has 48 heavy (non-hydrogen) atoms. The summed E-state index contributed by atoms with van der Waals surface area (Å²) in [5.74, 6) is 0. The first kappa shape index (κ1) is 36.8. The molecule has 1 heterocycles. The average Bonchev–Trinajstić information content (AvgIpc) is 3.03. The van der Waals surface area contributed by atoms with Crippen molar-refractivity contribution >= 4 is 0 Å². The zero-order chi connectivity index (χ0) is 34.8. The normalized spacial score (nSPS) is 14.2. The van der Waals surface area contributed by atoms with Crippen LogP contribution in [0.1, 0.15) is 79.0 Å². The predicted octanol–water partition coefficient (Wildman–Crippen LogP) is 8.78. The molecule has 0 amide bonds. The van der Waals surface area contributed by atoms with Crippen LogP contribution in [0.5, 0.6) is 18.0 Å². The van der Waals surface area contributed by atoms with Crippen molar-refractivity contribution in [3.63, 3.8) is 0 Å². The van der Waals surface area contributed by atoms with Crippen molar-refractivity contribution in [1.82, 2.24) is 15.0 Å². The van der Waals surface area contributed by atoms with Gasteiger partial charge in [-0.15, -0.1) is 15.0 Å². The zero-order valence-electron chi connectivity index (χ0n) is 29.8. The number of ether oxygens (including phenoxy) is 6. The molecule has 0 saturated carbocycles. The molecule has 9 nitrogen and oxygen atoms in total. The third kappa shape index (κ3) is 11.9. The Labute approximate surface area is 286 Å². The van der Waals surface area contributed by atoms with Gasteiger partial charge in [-0.05, 0) is 16.7 Å². The average molecular weight is 658 g/mol. The van der Waals surface area contributed by atoms with E-state index < -0.39 is 35.1 Å². The standard InChI is InChI=1S/C39H51N3O6/c1-37(2,3)31(43-25-28-19-13-10-14-20-28)46-34-40-35(47-32(38(4,5)6)44-26-29-21-15-11-16-22-29)42-36(41-34)48-33(39(7,8)9)45-27-30-23-17-12-18-24-30/h10-24,31-33H,25-27H2,1-9H3. The molecule has 3 atom stereocenters. The summed E-state index contributed by atoms with van der Waals surface area (Å²) in [6, 6.07) is 29.8. The monoisotopic (exact) mass is 657 g/mol. The smallest absolute Gasteiger partial charge is 0.328 e. The second-order valence-corrected chi connectivity index (χ2v) is 15.0. The summed E-state index contributed by atoms with van der Waals surface area (Å²) >= 11 is 0. The van der Waals surface area contributed by atoms with Gasteiger partial charge in [-0.3, -0.25) is 0 Å². The summed E-state index contributed by atoms with van der Waals surface area (Å²) in [5, 5.41) is 0. The van der Waals surface area contributed by atoms with Gasteiger partial charge in [0.1, 0.15) is 0 Å². The maximum atomic E-state index is 6.35. The van der Waals surface area contributed by atoms with Gasteiger partial charge in [0.15, 0.2) is 0 Å². The van der Waals surface area contributed by atoms with Gasteiger partial charge in [0.25, 0.3) is 0 Å². The molecule has 3 unspecified atom stereocenters. The van der Waals surface area contributed by atoms with Crippen LogP contribution in [0, 0.1) is 16.2 Å². The van der Waals surface area contributed by atoms with Crippen molar-refractivity contribution in [2.24, 2.45) is 16.2 Å².